The van der Waals surface area contributed by atoms with Crippen LogP contribution in [0, 0.1) is 0 Å². The van der Waals surface area contributed by atoms with Crippen LogP contribution in [0.5, 0.6) is 23.0 Å². The Morgan fingerprint density at radius 2 is 1.61 bits per heavy atom. The summed E-state index contributed by atoms with van der Waals surface area (Å²) in [6.45, 7) is 4.10. The lowest BCUT2D eigenvalue weighted by molar-refractivity contribution is 0.402. The van der Waals surface area contributed by atoms with E-state index in [2.05, 4.69) is 19.9 Å². The van der Waals surface area contributed by atoms with Gasteiger partial charge in [-0.25, -0.2) is 0 Å². The van der Waals surface area contributed by atoms with Crippen molar-refractivity contribution in [3.05, 3.63) is 81.9 Å². The third-order valence-electron chi connectivity index (χ3n) is 6.04. The van der Waals surface area contributed by atoms with Crippen LogP contribution in [-0.4, -0.2) is 22.4 Å². The zero-order chi connectivity index (χ0) is 22.1. The Hall–Kier alpha value is -3.40. The van der Waals surface area contributed by atoms with Gasteiger partial charge in [0.2, 0.25) is 0 Å². The molecule has 3 aromatic rings. The highest BCUT2D eigenvalue weighted by Crippen LogP contribution is 2.47. The molecule has 0 amide bonds. The van der Waals surface area contributed by atoms with E-state index in [1.807, 2.05) is 18.2 Å². The lowest BCUT2D eigenvalue weighted by atomic mass is 9.79. The van der Waals surface area contributed by atoms with Crippen LogP contribution in [0.25, 0.3) is 11.1 Å². The van der Waals surface area contributed by atoms with E-state index in [1.165, 1.54) is 5.57 Å². The highest BCUT2D eigenvalue weighted by atomic mass is 16.5. The quantitative estimate of drug-likeness (QED) is 0.468. The number of hydrogen-bond donors (Lipinski definition) is 3. The molecular formula is C27H28O4. The van der Waals surface area contributed by atoms with Crippen LogP contribution in [-0.2, 0) is 25.7 Å². The Morgan fingerprint density at radius 1 is 0.903 bits per heavy atom. The number of aromatic hydroxyl groups is 3. The molecule has 0 heterocycles. The number of fused-ring (bicyclic) bond motifs is 3. The average molecular weight is 417 g/mol. The molecule has 0 saturated carbocycles. The van der Waals surface area contributed by atoms with E-state index in [0.29, 0.717) is 24.3 Å². The SMILES string of the molecule is COc1cc(O)c2c(c1Cc1ccc(O)cc1)CCc1c-2ccc(O)c1CC=C(C)C. The maximum atomic E-state index is 10.9. The molecule has 0 saturated heterocycles. The molecule has 0 fully saturated rings. The largest absolute Gasteiger partial charge is 0.508 e. The third-order valence-corrected chi connectivity index (χ3v) is 6.04. The highest BCUT2D eigenvalue weighted by molar-refractivity contribution is 5.82. The molecule has 0 unspecified atom stereocenters. The number of rotatable bonds is 5. The molecule has 3 N–H and O–H groups in total. The van der Waals surface area contributed by atoms with Crippen LogP contribution < -0.4 is 4.74 Å². The molecule has 0 radical (unpaired) electrons. The normalized spacial score (nSPS) is 12.1. The van der Waals surface area contributed by atoms with Crippen molar-refractivity contribution < 1.29 is 20.1 Å². The zero-order valence-electron chi connectivity index (χ0n) is 18.2. The number of allylic oxidation sites excluding steroid dienone is 2. The van der Waals surface area contributed by atoms with Crippen LogP contribution in [0.4, 0.5) is 0 Å². The standard InChI is InChI=1S/C27H28O4/c1-16(2)4-9-20-19-10-11-22-23(14-17-5-7-18(28)8-6-17)26(31-3)15-25(30)27(22)21(19)12-13-24(20)29/h4-8,12-13,15,28-30H,9-11,14H2,1-3H3. The van der Waals surface area contributed by atoms with Crippen molar-refractivity contribution in [2.45, 2.75) is 39.5 Å². The summed E-state index contributed by atoms with van der Waals surface area (Å²) in [6, 6.07) is 12.5. The van der Waals surface area contributed by atoms with Crippen LogP contribution in [0.3, 0.4) is 0 Å². The summed E-state index contributed by atoms with van der Waals surface area (Å²) < 4.78 is 5.63. The van der Waals surface area contributed by atoms with Crippen LogP contribution in [0.15, 0.2) is 54.1 Å². The summed E-state index contributed by atoms with van der Waals surface area (Å²) in [6.07, 6.45) is 4.98. The van der Waals surface area contributed by atoms with Gasteiger partial charge < -0.3 is 20.1 Å². The zero-order valence-corrected chi connectivity index (χ0v) is 18.2. The van der Waals surface area contributed by atoms with Gasteiger partial charge in [0.1, 0.15) is 23.0 Å². The van der Waals surface area contributed by atoms with Crippen molar-refractivity contribution in [1.82, 2.24) is 0 Å². The summed E-state index contributed by atoms with van der Waals surface area (Å²) in [7, 11) is 1.62. The lowest BCUT2D eigenvalue weighted by Crippen LogP contribution is -2.11. The minimum atomic E-state index is 0.195. The molecule has 0 aliphatic heterocycles. The predicted molar refractivity (Wildman–Crippen MR) is 123 cm³/mol. The van der Waals surface area contributed by atoms with E-state index in [-0.39, 0.29) is 11.5 Å². The average Bonchev–Trinajstić information content (AvgIpc) is 2.75. The highest BCUT2D eigenvalue weighted by Gasteiger charge is 2.27. The maximum absolute atomic E-state index is 10.9. The van der Waals surface area contributed by atoms with Crippen molar-refractivity contribution in [2.24, 2.45) is 0 Å². The Morgan fingerprint density at radius 3 is 2.29 bits per heavy atom. The first kappa shape index (κ1) is 20.9. The van der Waals surface area contributed by atoms with Gasteiger partial charge in [0.15, 0.2) is 0 Å². The predicted octanol–water partition coefficient (Wildman–Crippen LogP) is 5.68. The fourth-order valence-corrected chi connectivity index (χ4v) is 4.49. The fraction of sp³-hybridized carbons (Fsp3) is 0.259. The second-order valence-corrected chi connectivity index (χ2v) is 8.35. The molecule has 4 nitrogen and oxygen atoms in total. The fourth-order valence-electron chi connectivity index (χ4n) is 4.49. The summed E-state index contributed by atoms with van der Waals surface area (Å²) in [4.78, 5) is 0. The number of phenols is 3. The van der Waals surface area contributed by atoms with Gasteiger partial charge in [0.25, 0.3) is 0 Å². The molecule has 0 aromatic heterocycles. The topological polar surface area (TPSA) is 69.9 Å². The number of hydrogen-bond acceptors (Lipinski definition) is 4. The van der Waals surface area contributed by atoms with Crippen molar-refractivity contribution in [3.63, 3.8) is 0 Å². The number of benzene rings is 3. The summed E-state index contributed by atoms with van der Waals surface area (Å²) in [5.41, 5.74) is 8.22. The van der Waals surface area contributed by atoms with E-state index >= 15 is 0 Å². The van der Waals surface area contributed by atoms with E-state index in [9.17, 15) is 15.3 Å². The molecular weight excluding hydrogens is 388 g/mol. The second-order valence-electron chi connectivity index (χ2n) is 8.35. The summed E-state index contributed by atoms with van der Waals surface area (Å²) in [5.74, 6) is 1.40. The Balaban J connectivity index is 1.87. The third kappa shape index (κ3) is 3.98. The minimum Gasteiger partial charge on any atom is -0.508 e. The molecule has 3 aromatic carbocycles. The summed E-state index contributed by atoms with van der Waals surface area (Å²) in [5, 5.41) is 31.1. The first-order chi connectivity index (χ1) is 14.9. The van der Waals surface area contributed by atoms with Crippen molar-refractivity contribution in [3.8, 4) is 34.1 Å². The number of methoxy groups -OCH3 is 1. The number of phenolic OH excluding ortho intramolecular Hbond substituents is 3. The van der Waals surface area contributed by atoms with E-state index in [0.717, 1.165) is 51.8 Å². The monoisotopic (exact) mass is 416 g/mol. The Kier molecular flexibility index (Phi) is 5.64. The van der Waals surface area contributed by atoms with E-state index in [4.69, 9.17) is 4.74 Å². The van der Waals surface area contributed by atoms with Gasteiger partial charge in [0.05, 0.1) is 7.11 Å². The molecule has 0 bridgehead atoms. The van der Waals surface area contributed by atoms with Gasteiger partial charge in [-0.15, -0.1) is 0 Å². The van der Waals surface area contributed by atoms with Gasteiger partial charge in [-0.1, -0.05) is 29.8 Å². The van der Waals surface area contributed by atoms with Gasteiger partial charge in [-0.3, -0.25) is 0 Å². The van der Waals surface area contributed by atoms with Gasteiger partial charge in [0, 0.05) is 29.2 Å². The first-order valence-corrected chi connectivity index (χ1v) is 10.6. The summed E-state index contributed by atoms with van der Waals surface area (Å²) >= 11 is 0. The van der Waals surface area contributed by atoms with Gasteiger partial charge >= 0.3 is 0 Å². The van der Waals surface area contributed by atoms with Gasteiger partial charge in [-0.2, -0.15) is 0 Å². The molecule has 0 atom stereocenters. The molecule has 160 valence electrons. The minimum absolute atomic E-state index is 0.195. The van der Waals surface area contributed by atoms with Crippen LogP contribution in [0.2, 0.25) is 0 Å². The smallest absolute Gasteiger partial charge is 0.127 e. The molecule has 1 aliphatic rings. The number of ether oxygens (including phenoxy) is 1. The van der Waals surface area contributed by atoms with Crippen molar-refractivity contribution in [1.29, 1.82) is 0 Å². The molecule has 4 rings (SSSR count). The van der Waals surface area contributed by atoms with Crippen molar-refractivity contribution >= 4 is 0 Å². The first-order valence-electron chi connectivity index (χ1n) is 10.6. The van der Waals surface area contributed by atoms with Crippen LogP contribution in [0.1, 0.15) is 41.7 Å². The van der Waals surface area contributed by atoms with Crippen LogP contribution >= 0.6 is 0 Å². The van der Waals surface area contributed by atoms with E-state index in [1.54, 1.807) is 31.4 Å². The molecule has 0 spiro atoms. The lowest BCUT2D eigenvalue weighted by Gasteiger charge is -2.27. The van der Waals surface area contributed by atoms with Gasteiger partial charge in [-0.05, 0) is 73.6 Å². The Bertz CT molecular complexity index is 1150. The maximum Gasteiger partial charge on any atom is 0.127 e. The Labute approximate surface area is 183 Å². The second kappa shape index (κ2) is 8.38. The molecule has 4 heteroatoms. The molecule has 1 aliphatic carbocycles. The van der Waals surface area contributed by atoms with E-state index < -0.39 is 0 Å². The molecule has 31 heavy (non-hydrogen) atoms. The van der Waals surface area contributed by atoms with Crippen molar-refractivity contribution in [2.75, 3.05) is 7.11 Å².